The summed E-state index contributed by atoms with van der Waals surface area (Å²) in [6.45, 7) is 2.68. The Morgan fingerprint density at radius 3 is 1.53 bits per heavy atom. The molecule has 2 bridgehead atoms. The largest absolute Gasteiger partial charge is 0.497 e. The highest BCUT2D eigenvalue weighted by Gasteiger charge is 2.46. The zero-order chi connectivity index (χ0) is 31.0. The van der Waals surface area contributed by atoms with Crippen molar-refractivity contribution in [2.45, 2.75) is 88.0 Å². The molecule has 2 fully saturated rings. The van der Waals surface area contributed by atoms with Crippen LogP contribution in [0.5, 0.6) is 11.5 Å². The number of hydrogen-bond acceptors (Lipinski definition) is 7. The van der Waals surface area contributed by atoms with E-state index < -0.39 is 11.2 Å². The van der Waals surface area contributed by atoms with Crippen molar-refractivity contribution in [3.8, 4) is 11.5 Å². The summed E-state index contributed by atoms with van der Waals surface area (Å²) in [5.41, 5.74) is 2.93. The Labute approximate surface area is 268 Å². The van der Waals surface area contributed by atoms with Crippen LogP contribution < -0.4 is 9.47 Å². The molecule has 0 unspecified atom stereocenters. The maximum absolute atomic E-state index is 7.06. The number of methoxy groups -OCH3 is 2. The fourth-order valence-electron chi connectivity index (χ4n) is 7.59. The molecule has 6 rings (SSSR count). The third kappa shape index (κ3) is 6.93. The molecule has 3 aromatic carbocycles. The topological polar surface area (TPSA) is 64.6 Å². The van der Waals surface area contributed by atoms with E-state index in [1.807, 2.05) is 24.3 Å². The molecule has 0 spiro atoms. The highest BCUT2D eigenvalue weighted by atomic mass is 16.6. The van der Waals surface area contributed by atoms with Gasteiger partial charge in [-0.1, -0.05) is 86.3 Å². The van der Waals surface area contributed by atoms with Gasteiger partial charge in [-0.05, 0) is 48.9 Å². The molecule has 4 atom stereocenters. The lowest BCUT2D eigenvalue weighted by atomic mass is 9.76. The number of fused-ring (bicyclic) bond motifs is 4. The van der Waals surface area contributed by atoms with Gasteiger partial charge in [0, 0.05) is 11.1 Å². The minimum Gasteiger partial charge on any atom is -0.497 e. The molecule has 7 nitrogen and oxygen atoms in total. The van der Waals surface area contributed by atoms with Crippen molar-refractivity contribution in [2.75, 3.05) is 40.6 Å². The summed E-state index contributed by atoms with van der Waals surface area (Å²) in [6, 6.07) is 25.1. The molecule has 3 aromatic rings. The maximum atomic E-state index is 7.06. The van der Waals surface area contributed by atoms with Crippen LogP contribution in [0.15, 0.2) is 72.8 Å². The number of rotatable bonds is 4. The maximum Gasteiger partial charge on any atom is 0.130 e. The van der Waals surface area contributed by atoms with Crippen molar-refractivity contribution in [1.82, 2.24) is 0 Å². The first-order valence-corrected chi connectivity index (χ1v) is 16.6. The second kappa shape index (κ2) is 15.1. The van der Waals surface area contributed by atoms with Crippen molar-refractivity contribution in [2.24, 2.45) is 0 Å². The van der Waals surface area contributed by atoms with E-state index in [4.69, 9.17) is 33.2 Å². The Bertz CT molecular complexity index is 1250. The first-order chi connectivity index (χ1) is 22.2. The summed E-state index contributed by atoms with van der Waals surface area (Å²) in [4.78, 5) is 0. The quantitative estimate of drug-likeness (QED) is 0.301. The van der Waals surface area contributed by atoms with Crippen LogP contribution in [0.3, 0.4) is 0 Å². The molecule has 7 heteroatoms. The van der Waals surface area contributed by atoms with Gasteiger partial charge in [0.15, 0.2) is 0 Å². The van der Waals surface area contributed by atoms with E-state index in [0.29, 0.717) is 39.6 Å². The fourth-order valence-corrected chi connectivity index (χ4v) is 7.59. The Morgan fingerprint density at radius 1 is 0.600 bits per heavy atom. The predicted molar refractivity (Wildman–Crippen MR) is 173 cm³/mol. The number of benzene rings is 3. The van der Waals surface area contributed by atoms with Gasteiger partial charge in [0.05, 0.1) is 66.1 Å². The number of ether oxygens (including phenoxy) is 7. The Kier molecular flexibility index (Phi) is 10.7. The van der Waals surface area contributed by atoms with Crippen molar-refractivity contribution in [1.29, 1.82) is 0 Å². The molecule has 0 saturated heterocycles. The van der Waals surface area contributed by atoms with E-state index in [1.165, 1.54) is 0 Å². The van der Waals surface area contributed by atoms with Gasteiger partial charge in [-0.3, -0.25) is 0 Å². The van der Waals surface area contributed by atoms with Gasteiger partial charge in [0.25, 0.3) is 0 Å². The second-order valence-electron chi connectivity index (χ2n) is 12.4. The zero-order valence-electron chi connectivity index (χ0n) is 26.8. The Hall–Kier alpha value is -2.94. The van der Waals surface area contributed by atoms with Crippen LogP contribution in [0.1, 0.15) is 73.6 Å². The normalized spacial score (nSPS) is 28.5. The van der Waals surface area contributed by atoms with E-state index in [2.05, 4.69) is 48.5 Å². The van der Waals surface area contributed by atoms with Gasteiger partial charge in [-0.15, -0.1) is 0 Å². The molecule has 3 aliphatic rings. The lowest BCUT2D eigenvalue weighted by Crippen LogP contribution is -2.47. The summed E-state index contributed by atoms with van der Waals surface area (Å²) < 4.78 is 45.3. The molecule has 2 aliphatic carbocycles. The highest BCUT2D eigenvalue weighted by molar-refractivity contribution is 5.47. The second-order valence-corrected chi connectivity index (χ2v) is 12.4. The zero-order valence-corrected chi connectivity index (χ0v) is 26.8. The summed E-state index contributed by atoms with van der Waals surface area (Å²) in [7, 11) is 3.42. The average Bonchev–Trinajstić information content (AvgIpc) is 3.10. The molecule has 0 amide bonds. The summed E-state index contributed by atoms with van der Waals surface area (Å²) >= 11 is 0. The molecule has 242 valence electrons. The minimum atomic E-state index is -0.592. The predicted octanol–water partition coefficient (Wildman–Crippen LogP) is 7.48. The van der Waals surface area contributed by atoms with Gasteiger partial charge >= 0.3 is 0 Å². The van der Waals surface area contributed by atoms with E-state index in [-0.39, 0.29) is 12.2 Å². The van der Waals surface area contributed by atoms with E-state index >= 15 is 0 Å². The molecule has 45 heavy (non-hydrogen) atoms. The van der Waals surface area contributed by atoms with Gasteiger partial charge < -0.3 is 33.2 Å². The molecular weight excluding hydrogens is 568 g/mol. The molecular formula is C38H48O7. The van der Waals surface area contributed by atoms with Gasteiger partial charge in [-0.2, -0.15) is 0 Å². The van der Waals surface area contributed by atoms with E-state index in [0.717, 1.165) is 85.1 Å². The van der Waals surface area contributed by atoms with Crippen molar-refractivity contribution >= 4 is 0 Å². The lowest BCUT2D eigenvalue weighted by molar-refractivity contribution is -0.189. The summed E-state index contributed by atoms with van der Waals surface area (Å²) in [6.07, 6.45) is 7.75. The van der Waals surface area contributed by atoms with Crippen LogP contribution in [-0.2, 0) is 48.1 Å². The third-order valence-corrected chi connectivity index (χ3v) is 9.81. The molecule has 1 aliphatic heterocycles. The molecule has 0 radical (unpaired) electrons. The SMILES string of the molecule is COc1cc2c(OC)c(c1)CO[C@@]1(c3ccccc3)CCCC[C@H]1OCCOCCO[C@@H]1CCCC[C@]1(c1ccccc1)OC2. The third-order valence-electron chi connectivity index (χ3n) is 9.81. The van der Waals surface area contributed by atoms with Crippen LogP contribution >= 0.6 is 0 Å². The van der Waals surface area contributed by atoms with Crippen molar-refractivity contribution < 1.29 is 33.2 Å². The fraction of sp³-hybridized carbons (Fsp3) is 0.526. The van der Waals surface area contributed by atoms with Crippen molar-refractivity contribution in [3.05, 3.63) is 95.1 Å². The van der Waals surface area contributed by atoms with Crippen molar-refractivity contribution in [3.63, 3.8) is 0 Å². The van der Waals surface area contributed by atoms with Crippen LogP contribution in [0, 0.1) is 0 Å². The van der Waals surface area contributed by atoms with Crippen LogP contribution in [0.2, 0.25) is 0 Å². The molecule has 0 aromatic heterocycles. The summed E-state index contributed by atoms with van der Waals surface area (Å²) in [5.74, 6) is 1.51. The standard InChI is InChI=1S/C38H48O7/c1-39-33-25-29-27-44-37(31-13-5-3-6-14-31)19-11-9-17-34(37)42-23-21-41-22-24-43-35-18-10-12-20-38(35,32-15-7-4-8-16-32)45-28-30(26-33)36(29)40-2/h3-8,13-16,25-26,34-35H,9-12,17-24,27-28H2,1-2H3/t34-,35-,37-,38-/m1/s1. The molecule has 2 saturated carbocycles. The van der Waals surface area contributed by atoms with Gasteiger partial charge in [-0.25, -0.2) is 0 Å². The van der Waals surface area contributed by atoms with Gasteiger partial charge in [0.2, 0.25) is 0 Å². The first-order valence-electron chi connectivity index (χ1n) is 16.6. The minimum absolute atomic E-state index is 0.0967. The molecule has 1 heterocycles. The van der Waals surface area contributed by atoms with E-state index in [9.17, 15) is 0 Å². The van der Waals surface area contributed by atoms with Gasteiger partial charge in [0.1, 0.15) is 22.7 Å². The molecule has 0 N–H and O–H groups in total. The Balaban J connectivity index is 1.39. The Morgan fingerprint density at radius 2 is 1.09 bits per heavy atom. The first kappa shape index (κ1) is 32.0. The lowest BCUT2D eigenvalue weighted by Gasteiger charge is -2.44. The van der Waals surface area contributed by atoms with Crippen LogP contribution in [0.25, 0.3) is 0 Å². The summed E-state index contributed by atoms with van der Waals surface area (Å²) in [5, 5.41) is 0. The van der Waals surface area contributed by atoms with E-state index in [1.54, 1.807) is 14.2 Å². The van der Waals surface area contributed by atoms with Crippen LogP contribution in [0.4, 0.5) is 0 Å². The van der Waals surface area contributed by atoms with Crippen LogP contribution in [-0.4, -0.2) is 52.9 Å². The monoisotopic (exact) mass is 616 g/mol. The smallest absolute Gasteiger partial charge is 0.130 e. The highest BCUT2D eigenvalue weighted by Crippen LogP contribution is 2.46. The average molecular weight is 617 g/mol. The number of hydrogen-bond donors (Lipinski definition) is 0.